The summed E-state index contributed by atoms with van der Waals surface area (Å²) in [6, 6.07) is 8.44. The zero-order valence-electron chi connectivity index (χ0n) is 20.7. The first-order valence-electron chi connectivity index (χ1n) is 12.8. The number of rotatable bonds is 9. The number of unbranched alkanes of at least 4 members (excludes halogenated alkanes) is 2. The first-order valence-corrected chi connectivity index (χ1v) is 14.7. The highest BCUT2D eigenvalue weighted by Gasteiger charge is 2.37. The van der Waals surface area contributed by atoms with Gasteiger partial charge in [0.1, 0.15) is 11.4 Å². The fraction of sp³-hybridized carbons (Fsp3) is 0.500. The van der Waals surface area contributed by atoms with Gasteiger partial charge in [-0.2, -0.15) is 4.80 Å². The smallest absolute Gasteiger partial charge is 0.208 e. The number of sulfonamides is 1. The number of aromatic nitrogens is 4. The van der Waals surface area contributed by atoms with Gasteiger partial charge in [0.2, 0.25) is 15.8 Å². The van der Waals surface area contributed by atoms with Crippen molar-refractivity contribution in [3.63, 3.8) is 0 Å². The van der Waals surface area contributed by atoms with Crippen LogP contribution in [-0.4, -0.2) is 60.1 Å². The van der Waals surface area contributed by atoms with Gasteiger partial charge in [0, 0.05) is 30.5 Å². The van der Waals surface area contributed by atoms with Crippen LogP contribution in [0.5, 0.6) is 0 Å². The predicted octanol–water partition coefficient (Wildman–Crippen LogP) is 3.20. The summed E-state index contributed by atoms with van der Waals surface area (Å²) in [4.78, 5) is 1.61. The van der Waals surface area contributed by atoms with Gasteiger partial charge in [0.25, 0.3) is 0 Å². The fourth-order valence-electron chi connectivity index (χ4n) is 5.02. The van der Waals surface area contributed by atoms with Gasteiger partial charge in [-0.05, 0) is 67.3 Å². The molecule has 3 aliphatic rings. The molecule has 1 aromatic carbocycles. The molecule has 0 saturated carbocycles. The molecule has 1 spiro atoms. The summed E-state index contributed by atoms with van der Waals surface area (Å²) in [6.45, 7) is 3.04. The maximum absolute atomic E-state index is 11.1. The van der Waals surface area contributed by atoms with Gasteiger partial charge in [-0.15, -0.1) is 10.2 Å². The zero-order valence-corrected chi connectivity index (χ0v) is 21.6. The molecule has 0 radical (unpaired) electrons. The highest BCUT2D eigenvalue weighted by atomic mass is 32.2. The van der Waals surface area contributed by atoms with E-state index in [1.807, 2.05) is 0 Å². The summed E-state index contributed by atoms with van der Waals surface area (Å²) in [7, 11) is -3.12. The molecule has 0 atom stereocenters. The molecule has 1 saturated heterocycles. The normalized spacial score (nSPS) is 19.2. The maximum atomic E-state index is 11.1. The van der Waals surface area contributed by atoms with Crippen molar-refractivity contribution < 1.29 is 13.2 Å². The summed E-state index contributed by atoms with van der Waals surface area (Å²) in [5.74, 6) is 1.64. The minimum atomic E-state index is -3.12. The average Bonchev–Trinajstić information content (AvgIpc) is 3.34. The quantitative estimate of drug-likeness (QED) is 0.499. The van der Waals surface area contributed by atoms with E-state index in [2.05, 4.69) is 67.9 Å². The van der Waals surface area contributed by atoms with Crippen molar-refractivity contribution >= 4 is 15.6 Å². The number of nitrogens with one attached hydrogen (secondary N) is 2. The van der Waals surface area contributed by atoms with E-state index in [1.165, 1.54) is 23.0 Å². The second kappa shape index (κ2) is 10.7. The topological polar surface area (TPSA) is 111 Å². The third kappa shape index (κ3) is 5.93. The van der Waals surface area contributed by atoms with Gasteiger partial charge >= 0.3 is 0 Å². The lowest BCUT2D eigenvalue weighted by Gasteiger charge is -2.41. The number of nitrogens with zero attached hydrogens (tertiary/aromatic N) is 4. The number of aryl methyl sites for hydroxylation is 1. The lowest BCUT2D eigenvalue weighted by molar-refractivity contribution is 0.0205. The van der Waals surface area contributed by atoms with Crippen molar-refractivity contribution in [2.24, 2.45) is 0 Å². The van der Waals surface area contributed by atoms with E-state index in [4.69, 9.17) is 4.74 Å². The van der Waals surface area contributed by atoms with Crippen LogP contribution in [0, 0.1) is 0 Å². The molecule has 9 nitrogen and oxygen atoms in total. The SMILES string of the molecule is CS(=O)(=O)NCCCCCn1nnc(-c2ccc(C3=CC4(CCNCC4)OC4=C3CCC=C4)cc2)n1. The molecule has 3 heterocycles. The predicted molar refractivity (Wildman–Crippen MR) is 139 cm³/mol. The van der Waals surface area contributed by atoms with E-state index in [1.54, 1.807) is 4.80 Å². The van der Waals surface area contributed by atoms with Gasteiger partial charge in [-0.1, -0.05) is 36.8 Å². The van der Waals surface area contributed by atoms with Gasteiger partial charge in [0.05, 0.1) is 12.8 Å². The largest absolute Gasteiger partial charge is 0.483 e. The molecule has 5 rings (SSSR count). The lowest BCUT2D eigenvalue weighted by atomic mass is 9.81. The van der Waals surface area contributed by atoms with Crippen molar-refractivity contribution in [3.05, 3.63) is 59.4 Å². The molecule has 10 heteroatoms. The number of tetrazole rings is 1. The maximum Gasteiger partial charge on any atom is 0.208 e. The minimum Gasteiger partial charge on any atom is -0.483 e. The molecule has 0 unspecified atom stereocenters. The molecule has 2 aliphatic heterocycles. The van der Waals surface area contributed by atoms with Crippen molar-refractivity contribution in [2.75, 3.05) is 25.9 Å². The Labute approximate surface area is 212 Å². The molecule has 1 aromatic heterocycles. The van der Waals surface area contributed by atoms with E-state index in [-0.39, 0.29) is 5.60 Å². The van der Waals surface area contributed by atoms with Crippen LogP contribution in [0.15, 0.2) is 53.8 Å². The van der Waals surface area contributed by atoms with E-state index >= 15 is 0 Å². The van der Waals surface area contributed by atoms with Crippen LogP contribution in [0.1, 0.15) is 50.5 Å². The Balaban J connectivity index is 1.25. The Hall–Kier alpha value is -2.82. The lowest BCUT2D eigenvalue weighted by Crippen LogP contribution is -2.44. The van der Waals surface area contributed by atoms with E-state index < -0.39 is 10.0 Å². The second-order valence-electron chi connectivity index (χ2n) is 9.77. The zero-order chi connectivity index (χ0) is 25.0. The van der Waals surface area contributed by atoms with Crippen LogP contribution >= 0.6 is 0 Å². The average molecular weight is 511 g/mol. The number of hydrogen-bond acceptors (Lipinski definition) is 7. The van der Waals surface area contributed by atoms with Gasteiger partial charge in [0.15, 0.2) is 0 Å². The van der Waals surface area contributed by atoms with Crippen LogP contribution in [0.2, 0.25) is 0 Å². The van der Waals surface area contributed by atoms with Crippen LogP contribution < -0.4 is 10.0 Å². The molecule has 36 heavy (non-hydrogen) atoms. The van der Waals surface area contributed by atoms with E-state index in [0.29, 0.717) is 18.9 Å². The Morgan fingerprint density at radius 3 is 2.67 bits per heavy atom. The fourth-order valence-corrected chi connectivity index (χ4v) is 5.54. The monoisotopic (exact) mass is 510 g/mol. The van der Waals surface area contributed by atoms with E-state index in [9.17, 15) is 8.42 Å². The minimum absolute atomic E-state index is 0.231. The van der Waals surface area contributed by atoms with Gasteiger partial charge in [-0.25, -0.2) is 13.1 Å². The first kappa shape index (κ1) is 24.9. The van der Waals surface area contributed by atoms with Crippen molar-refractivity contribution in [1.82, 2.24) is 30.2 Å². The summed E-state index contributed by atoms with van der Waals surface area (Å²) >= 11 is 0. The molecule has 0 bridgehead atoms. The molecule has 192 valence electrons. The second-order valence-corrected chi connectivity index (χ2v) is 11.6. The van der Waals surface area contributed by atoms with Crippen molar-refractivity contribution in [3.8, 4) is 11.4 Å². The highest BCUT2D eigenvalue weighted by molar-refractivity contribution is 7.88. The van der Waals surface area contributed by atoms with Gasteiger partial charge in [-0.3, -0.25) is 0 Å². The molecular formula is C26H34N6O3S. The first-order chi connectivity index (χ1) is 17.4. The third-order valence-corrected chi connectivity index (χ3v) is 7.66. The Morgan fingerprint density at radius 2 is 1.89 bits per heavy atom. The van der Waals surface area contributed by atoms with Crippen LogP contribution in [-0.2, 0) is 21.3 Å². The Kier molecular flexibility index (Phi) is 7.36. The molecule has 1 aliphatic carbocycles. The Bertz CT molecular complexity index is 1270. The number of ether oxygens (including phenoxy) is 1. The number of hydrogen-bond donors (Lipinski definition) is 2. The van der Waals surface area contributed by atoms with Crippen molar-refractivity contribution in [2.45, 2.75) is 57.1 Å². The Morgan fingerprint density at radius 1 is 1.11 bits per heavy atom. The molecule has 2 aromatic rings. The van der Waals surface area contributed by atoms with Crippen LogP contribution in [0.4, 0.5) is 0 Å². The summed E-state index contributed by atoms with van der Waals surface area (Å²) in [5, 5.41) is 16.4. The molecule has 1 fully saturated rings. The third-order valence-electron chi connectivity index (χ3n) is 6.93. The number of benzene rings is 1. The summed E-state index contributed by atoms with van der Waals surface area (Å²) < 4.78 is 31.3. The summed E-state index contributed by atoms with van der Waals surface area (Å²) in [5.41, 5.74) is 4.48. The van der Waals surface area contributed by atoms with Crippen LogP contribution in [0.25, 0.3) is 17.0 Å². The van der Waals surface area contributed by atoms with Gasteiger partial charge < -0.3 is 10.1 Å². The van der Waals surface area contributed by atoms with Crippen molar-refractivity contribution in [1.29, 1.82) is 0 Å². The van der Waals surface area contributed by atoms with E-state index in [0.717, 1.165) is 69.4 Å². The number of piperidine rings is 1. The standard InChI is InChI=1S/C26H34N6O3S/c1-36(33,34)28-15-5-2-6-18-32-30-25(29-31-32)21-11-9-20(10-12-21)23-19-26(13-16-27-17-14-26)35-24-8-4-3-7-22(23)24/h4,8-12,19,27-28H,2-3,5-7,13-18H2,1H3. The molecular weight excluding hydrogens is 476 g/mol. The molecule has 2 N–H and O–H groups in total. The number of allylic oxidation sites excluding steroid dienone is 4. The molecule has 0 amide bonds. The summed E-state index contributed by atoms with van der Waals surface area (Å²) in [6.07, 6.45) is 14.4. The highest BCUT2D eigenvalue weighted by Crippen LogP contribution is 2.43. The van der Waals surface area contributed by atoms with Crippen LogP contribution in [0.3, 0.4) is 0 Å².